The van der Waals surface area contributed by atoms with Gasteiger partial charge in [0.25, 0.3) is 0 Å². The predicted molar refractivity (Wildman–Crippen MR) is 68.9 cm³/mol. The summed E-state index contributed by atoms with van der Waals surface area (Å²) >= 11 is 0. The van der Waals surface area contributed by atoms with Crippen molar-refractivity contribution in [3.63, 3.8) is 0 Å². The minimum atomic E-state index is -0.955. The number of carbonyl (C=O) groups is 2. The van der Waals surface area contributed by atoms with E-state index in [4.69, 9.17) is 4.74 Å². The van der Waals surface area contributed by atoms with Crippen LogP contribution >= 0.6 is 0 Å². The molecule has 7 atom stereocenters. The normalized spacial score (nSPS) is 44.5. The van der Waals surface area contributed by atoms with Crippen molar-refractivity contribution in [1.29, 1.82) is 0 Å². The van der Waals surface area contributed by atoms with Gasteiger partial charge in [-0.15, -0.1) is 0 Å². The maximum Gasteiger partial charge on any atom is 0.326 e. The van der Waals surface area contributed by atoms with E-state index in [0.717, 1.165) is 19.3 Å². The highest BCUT2D eigenvalue weighted by Crippen LogP contribution is 2.53. The molecule has 3 aliphatic rings. The molecule has 2 heterocycles. The molecule has 112 valence electrons. The van der Waals surface area contributed by atoms with Gasteiger partial charge in [-0.3, -0.25) is 4.79 Å². The van der Waals surface area contributed by atoms with Gasteiger partial charge in [0.05, 0.1) is 18.1 Å². The van der Waals surface area contributed by atoms with Gasteiger partial charge in [-0.25, -0.2) is 4.79 Å². The summed E-state index contributed by atoms with van der Waals surface area (Å²) in [7, 11) is 1.61. The van der Waals surface area contributed by atoms with Crippen LogP contribution in [-0.4, -0.2) is 58.4 Å². The van der Waals surface area contributed by atoms with Gasteiger partial charge in [-0.2, -0.15) is 0 Å². The van der Waals surface area contributed by atoms with Crippen LogP contribution in [0.2, 0.25) is 0 Å². The first-order valence-corrected chi connectivity index (χ1v) is 7.25. The van der Waals surface area contributed by atoms with Gasteiger partial charge in [0.1, 0.15) is 6.04 Å². The molecule has 0 spiro atoms. The number of amides is 1. The van der Waals surface area contributed by atoms with Gasteiger partial charge < -0.3 is 19.8 Å². The number of hydrogen-bond donors (Lipinski definition) is 2. The van der Waals surface area contributed by atoms with Crippen LogP contribution in [0.5, 0.6) is 0 Å². The van der Waals surface area contributed by atoms with Crippen LogP contribution in [0.25, 0.3) is 0 Å². The zero-order valence-electron chi connectivity index (χ0n) is 11.7. The third-order valence-electron chi connectivity index (χ3n) is 5.36. The second kappa shape index (κ2) is 4.70. The number of carbonyl (C=O) groups excluding carboxylic acids is 1. The molecule has 1 saturated carbocycles. The summed E-state index contributed by atoms with van der Waals surface area (Å²) in [6.07, 6.45) is 1.90. The molecule has 2 saturated heterocycles. The number of methoxy groups -OCH3 is 1. The Morgan fingerprint density at radius 2 is 2.15 bits per heavy atom. The minimum absolute atomic E-state index is 0.108. The molecule has 1 amide bonds. The second-order valence-electron chi connectivity index (χ2n) is 6.23. The molecule has 0 radical (unpaired) electrons. The Morgan fingerprint density at radius 1 is 1.45 bits per heavy atom. The van der Waals surface area contributed by atoms with Gasteiger partial charge in [0.2, 0.25) is 5.91 Å². The van der Waals surface area contributed by atoms with Crippen LogP contribution in [0.4, 0.5) is 0 Å². The zero-order valence-corrected chi connectivity index (χ0v) is 11.7. The third kappa shape index (κ3) is 1.64. The van der Waals surface area contributed by atoms with Gasteiger partial charge in [-0.1, -0.05) is 6.42 Å². The van der Waals surface area contributed by atoms with E-state index in [1.54, 1.807) is 14.0 Å². The molecule has 4 unspecified atom stereocenters. The largest absolute Gasteiger partial charge is 0.480 e. The summed E-state index contributed by atoms with van der Waals surface area (Å²) in [4.78, 5) is 25.3. The fourth-order valence-corrected chi connectivity index (χ4v) is 4.64. The number of carboxylic acid groups (broad SMARTS) is 1. The summed E-state index contributed by atoms with van der Waals surface area (Å²) < 4.78 is 5.48. The summed E-state index contributed by atoms with van der Waals surface area (Å²) in [6.45, 7) is 1.61. The van der Waals surface area contributed by atoms with Crippen LogP contribution in [0.15, 0.2) is 0 Å². The molecule has 20 heavy (non-hydrogen) atoms. The first kappa shape index (κ1) is 13.8. The number of aliphatic carboxylic acids is 1. The lowest BCUT2D eigenvalue weighted by Crippen LogP contribution is -2.65. The summed E-state index contributed by atoms with van der Waals surface area (Å²) in [5.74, 6) is -1.64. The Hall–Kier alpha value is -1.14. The molecular formula is C14H21NO5. The Morgan fingerprint density at radius 3 is 2.70 bits per heavy atom. The van der Waals surface area contributed by atoms with E-state index < -0.39 is 24.0 Å². The molecule has 2 N–H and O–H groups in total. The minimum Gasteiger partial charge on any atom is -0.480 e. The van der Waals surface area contributed by atoms with E-state index in [0.29, 0.717) is 0 Å². The number of ether oxygens (including phenoxy) is 1. The monoisotopic (exact) mass is 283 g/mol. The van der Waals surface area contributed by atoms with Crippen LogP contribution in [0, 0.1) is 17.8 Å². The lowest BCUT2D eigenvalue weighted by atomic mass is 9.70. The molecule has 0 aromatic heterocycles. The smallest absolute Gasteiger partial charge is 0.326 e. The molecule has 6 nitrogen and oxygen atoms in total. The lowest BCUT2D eigenvalue weighted by Gasteiger charge is -2.47. The van der Waals surface area contributed by atoms with Crippen molar-refractivity contribution < 1.29 is 24.5 Å². The number of fused-ring (bicyclic) bond motifs is 3. The van der Waals surface area contributed by atoms with Gasteiger partial charge >= 0.3 is 5.97 Å². The molecule has 0 bridgehead atoms. The van der Waals surface area contributed by atoms with E-state index in [1.807, 2.05) is 0 Å². The van der Waals surface area contributed by atoms with E-state index in [2.05, 4.69) is 0 Å². The first-order chi connectivity index (χ1) is 9.49. The SMILES string of the molecule is CO[C@H]1CCCC2C1C(C(=O)O)N1C(=O)[C@H]([C@@H](C)O)C21. The number of rotatable bonds is 3. The molecular weight excluding hydrogens is 262 g/mol. The number of β-lactam (4-membered cyclic amide) rings is 1. The van der Waals surface area contributed by atoms with Crippen molar-refractivity contribution in [1.82, 2.24) is 4.90 Å². The molecule has 0 aromatic rings. The van der Waals surface area contributed by atoms with Gasteiger partial charge in [-0.05, 0) is 25.7 Å². The molecule has 0 aromatic carbocycles. The summed E-state index contributed by atoms with van der Waals surface area (Å²) in [5.41, 5.74) is 0. The number of aliphatic hydroxyl groups is 1. The Labute approximate surface area is 117 Å². The predicted octanol–water partition coefficient (Wildman–Crippen LogP) is 0.0923. The topological polar surface area (TPSA) is 87.1 Å². The second-order valence-corrected chi connectivity index (χ2v) is 6.23. The Bertz CT molecular complexity index is 437. The van der Waals surface area contributed by atoms with Crippen LogP contribution in [0.3, 0.4) is 0 Å². The summed E-state index contributed by atoms with van der Waals surface area (Å²) in [6, 6.07) is -0.927. The highest BCUT2D eigenvalue weighted by atomic mass is 16.5. The number of aliphatic hydroxyl groups excluding tert-OH is 1. The standard InChI is InChI=1S/C14H21NO5/c1-6(16)9-11-7-4-3-5-8(20-2)10(7)12(14(18)19)15(11)13(9)17/h6-12,16H,3-5H2,1-2H3,(H,18,19)/t6-,7?,8+,9-,10?,11?,12?/m1/s1. The maximum absolute atomic E-state index is 12.2. The summed E-state index contributed by atoms with van der Waals surface area (Å²) in [5, 5.41) is 19.3. The molecule has 2 aliphatic heterocycles. The van der Waals surface area contributed by atoms with Crippen LogP contribution in [0.1, 0.15) is 26.2 Å². The fraction of sp³-hybridized carbons (Fsp3) is 0.857. The molecule has 3 fully saturated rings. The zero-order chi connectivity index (χ0) is 14.6. The van der Waals surface area contributed by atoms with E-state index >= 15 is 0 Å². The molecule has 3 rings (SSSR count). The van der Waals surface area contributed by atoms with Crippen molar-refractivity contribution >= 4 is 11.9 Å². The van der Waals surface area contributed by atoms with Crippen molar-refractivity contribution in [2.24, 2.45) is 17.8 Å². The van der Waals surface area contributed by atoms with Crippen molar-refractivity contribution in [2.75, 3.05) is 7.11 Å². The fourth-order valence-electron chi connectivity index (χ4n) is 4.64. The average molecular weight is 283 g/mol. The maximum atomic E-state index is 12.2. The molecule has 1 aliphatic carbocycles. The van der Waals surface area contributed by atoms with Crippen molar-refractivity contribution in [3.05, 3.63) is 0 Å². The van der Waals surface area contributed by atoms with Crippen LogP contribution < -0.4 is 0 Å². The van der Waals surface area contributed by atoms with Gasteiger partial charge in [0, 0.05) is 19.1 Å². The molecule has 6 heteroatoms. The van der Waals surface area contributed by atoms with Crippen molar-refractivity contribution in [3.8, 4) is 0 Å². The first-order valence-electron chi connectivity index (χ1n) is 7.25. The Balaban J connectivity index is 1.96. The number of hydrogen-bond acceptors (Lipinski definition) is 4. The average Bonchev–Trinajstić information content (AvgIpc) is 2.69. The number of carboxylic acids is 1. The third-order valence-corrected chi connectivity index (χ3v) is 5.36. The highest BCUT2D eigenvalue weighted by Gasteiger charge is 2.67. The highest BCUT2D eigenvalue weighted by molar-refractivity contribution is 5.92. The van der Waals surface area contributed by atoms with E-state index in [1.165, 1.54) is 4.90 Å². The van der Waals surface area contributed by atoms with E-state index in [9.17, 15) is 19.8 Å². The van der Waals surface area contributed by atoms with Gasteiger partial charge in [0.15, 0.2) is 0 Å². The van der Waals surface area contributed by atoms with E-state index in [-0.39, 0.29) is 29.9 Å². The van der Waals surface area contributed by atoms with Crippen molar-refractivity contribution in [2.45, 2.75) is 50.5 Å². The lowest BCUT2D eigenvalue weighted by molar-refractivity contribution is -0.171. The number of nitrogens with zero attached hydrogens (tertiary/aromatic N) is 1. The Kier molecular flexibility index (Phi) is 3.25. The van der Waals surface area contributed by atoms with Crippen LogP contribution in [-0.2, 0) is 14.3 Å². The quantitative estimate of drug-likeness (QED) is 0.717.